The zero-order valence-corrected chi connectivity index (χ0v) is 13.0. The number of pyridine rings is 1. The Morgan fingerprint density at radius 2 is 1.95 bits per heavy atom. The summed E-state index contributed by atoms with van der Waals surface area (Å²) in [5.41, 5.74) is 3.63. The summed E-state index contributed by atoms with van der Waals surface area (Å²) >= 11 is 0. The molecule has 0 amide bonds. The Hall–Kier alpha value is -1.97. The van der Waals surface area contributed by atoms with Gasteiger partial charge in [0.15, 0.2) is 5.82 Å². The number of nitrogens with zero attached hydrogens (tertiary/aromatic N) is 3. The lowest BCUT2D eigenvalue weighted by atomic mass is 10.1. The molecule has 2 atom stereocenters. The van der Waals surface area contributed by atoms with Gasteiger partial charge >= 0.3 is 0 Å². The zero-order valence-electron chi connectivity index (χ0n) is 13.0. The fourth-order valence-corrected chi connectivity index (χ4v) is 3.71. The molecule has 1 N–H and O–H groups in total. The molecule has 4 heteroatoms. The van der Waals surface area contributed by atoms with Crippen LogP contribution in [0, 0.1) is 5.92 Å². The topological polar surface area (TPSA) is 50.7 Å². The average molecular weight is 294 g/mol. The molecule has 0 bridgehead atoms. The molecule has 22 heavy (non-hydrogen) atoms. The predicted molar refractivity (Wildman–Crippen MR) is 87.7 cm³/mol. The van der Waals surface area contributed by atoms with E-state index in [1.807, 2.05) is 12.1 Å². The van der Waals surface area contributed by atoms with Crippen LogP contribution in [0.15, 0.2) is 24.5 Å². The molecule has 0 spiro atoms. The lowest BCUT2D eigenvalue weighted by Gasteiger charge is -2.17. The van der Waals surface area contributed by atoms with Gasteiger partial charge in [0, 0.05) is 35.3 Å². The van der Waals surface area contributed by atoms with E-state index in [2.05, 4.69) is 17.2 Å². The van der Waals surface area contributed by atoms with Crippen LogP contribution in [0.1, 0.15) is 43.9 Å². The second-order valence-electron chi connectivity index (χ2n) is 6.67. The molecule has 1 saturated carbocycles. The molecule has 2 unspecified atom stereocenters. The Labute approximate surface area is 131 Å². The van der Waals surface area contributed by atoms with E-state index in [0.717, 1.165) is 36.0 Å². The monoisotopic (exact) mass is 294 g/mol. The number of nitrogens with one attached hydrogen (secondary N) is 1. The Balaban J connectivity index is 1.69. The summed E-state index contributed by atoms with van der Waals surface area (Å²) in [7, 11) is 0. The molecule has 2 aromatic heterocycles. The highest BCUT2D eigenvalue weighted by molar-refractivity contribution is 5.60. The molecule has 0 aromatic carbocycles. The summed E-state index contributed by atoms with van der Waals surface area (Å²) in [6.45, 7) is 2.34. The molecule has 2 heterocycles. The van der Waals surface area contributed by atoms with Crippen molar-refractivity contribution in [2.45, 2.75) is 51.5 Å². The first-order chi connectivity index (χ1) is 10.8. The highest BCUT2D eigenvalue weighted by atomic mass is 15.1. The van der Waals surface area contributed by atoms with Gasteiger partial charge in [0.1, 0.15) is 5.82 Å². The third kappa shape index (κ3) is 2.58. The van der Waals surface area contributed by atoms with Gasteiger partial charge in [-0.25, -0.2) is 9.97 Å². The van der Waals surface area contributed by atoms with E-state index in [-0.39, 0.29) is 0 Å². The van der Waals surface area contributed by atoms with E-state index in [1.54, 1.807) is 12.4 Å². The molecule has 1 fully saturated rings. The van der Waals surface area contributed by atoms with E-state index < -0.39 is 0 Å². The lowest BCUT2D eigenvalue weighted by Crippen LogP contribution is -2.18. The minimum Gasteiger partial charge on any atom is -0.367 e. The molecule has 114 valence electrons. The van der Waals surface area contributed by atoms with Crippen molar-refractivity contribution >= 4 is 5.82 Å². The largest absolute Gasteiger partial charge is 0.367 e. The Kier molecular flexibility index (Phi) is 3.53. The highest BCUT2D eigenvalue weighted by Gasteiger charge is 2.25. The second kappa shape index (κ2) is 5.67. The van der Waals surface area contributed by atoms with Crippen molar-refractivity contribution in [3.8, 4) is 11.4 Å². The molecular weight excluding hydrogens is 272 g/mol. The van der Waals surface area contributed by atoms with Gasteiger partial charge in [0.25, 0.3) is 0 Å². The summed E-state index contributed by atoms with van der Waals surface area (Å²) in [5, 5.41) is 3.72. The van der Waals surface area contributed by atoms with Crippen molar-refractivity contribution in [2.24, 2.45) is 5.92 Å². The number of aromatic nitrogens is 3. The van der Waals surface area contributed by atoms with E-state index in [1.165, 1.54) is 36.9 Å². The van der Waals surface area contributed by atoms with Crippen LogP contribution in [0.5, 0.6) is 0 Å². The molecule has 4 nitrogen and oxygen atoms in total. The Bertz CT molecular complexity index is 668. The van der Waals surface area contributed by atoms with Crippen LogP contribution in [0.2, 0.25) is 0 Å². The van der Waals surface area contributed by atoms with Crippen LogP contribution >= 0.6 is 0 Å². The Morgan fingerprint density at radius 1 is 1.09 bits per heavy atom. The predicted octanol–water partition coefficient (Wildman–Crippen LogP) is 3.63. The average Bonchev–Trinajstić information content (AvgIpc) is 3.17. The Morgan fingerprint density at radius 3 is 2.73 bits per heavy atom. The normalized spacial score (nSPS) is 23.5. The zero-order chi connectivity index (χ0) is 14.9. The van der Waals surface area contributed by atoms with Crippen molar-refractivity contribution in [1.82, 2.24) is 15.0 Å². The summed E-state index contributed by atoms with van der Waals surface area (Å²) in [4.78, 5) is 13.7. The first-order valence-corrected chi connectivity index (χ1v) is 8.36. The maximum Gasteiger partial charge on any atom is 0.161 e. The smallest absolute Gasteiger partial charge is 0.161 e. The van der Waals surface area contributed by atoms with Gasteiger partial charge in [0.05, 0.1) is 0 Å². The second-order valence-corrected chi connectivity index (χ2v) is 6.67. The maximum atomic E-state index is 4.85. The third-order valence-corrected chi connectivity index (χ3v) is 4.91. The van der Waals surface area contributed by atoms with Crippen molar-refractivity contribution in [3.05, 3.63) is 35.8 Å². The van der Waals surface area contributed by atoms with Crippen LogP contribution in [-0.2, 0) is 12.8 Å². The van der Waals surface area contributed by atoms with Gasteiger partial charge in [0.2, 0.25) is 0 Å². The number of fused-ring (bicyclic) bond motifs is 1. The summed E-state index contributed by atoms with van der Waals surface area (Å²) in [6.07, 6.45) is 10.8. The minimum atomic E-state index is 0.569. The quantitative estimate of drug-likeness (QED) is 0.939. The number of hydrogen-bond donors (Lipinski definition) is 1. The van der Waals surface area contributed by atoms with Crippen molar-refractivity contribution < 1.29 is 0 Å². The standard InChI is InChI=1S/C18H22N4/c1-12-5-6-14(11-12)20-18-15-3-2-4-16(15)21-17(22-18)13-7-9-19-10-8-13/h7-10,12,14H,2-6,11H2,1H3,(H,20,21,22). The molecule has 2 aliphatic rings. The summed E-state index contributed by atoms with van der Waals surface area (Å²) in [6, 6.07) is 4.54. The molecule has 2 aliphatic carbocycles. The minimum absolute atomic E-state index is 0.569. The molecule has 0 saturated heterocycles. The molecule has 0 aliphatic heterocycles. The number of aryl methyl sites for hydroxylation is 1. The molecule has 4 rings (SSSR count). The van der Waals surface area contributed by atoms with E-state index in [4.69, 9.17) is 9.97 Å². The van der Waals surface area contributed by atoms with Gasteiger partial charge in [-0.15, -0.1) is 0 Å². The van der Waals surface area contributed by atoms with Crippen LogP contribution < -0.4 is 5.32 Å². The van der Waals surface area contributed by atoms with Crippen LogP contribution in [0.4, 0.5) is 5.82 Å². The lowest BCUT2D eigenvalue weighted by molar-refractivity contribution is 0.602. The first kappa shape index (κ1) is 13.7. The molecule has 2 aromatic rings. The molecular formula is C18H22N4. The fraction of sp³-hybridized carbons (Fsp3) is 0.500. The fourth-order valence-electron chi connectivity index (χ4n) is 3.71. The summed E-state index contributed by atoms with van der Waals surface area (Å²) in [5.74, 6) is 2.73. The van der Waals surface area contributed by atoms with E-state index in [0.29, 0.717) is 6.04 Å². The maximum absolute atomic E-state index is 4.85. The molecule has 0 radical (unpaired) electrons. The van der Waals surface area contributed by atoms with Crippen molar-refractivity contribution in [3.63, 3.8) is 0 Å². The summed E-state index contributed by atoms with van der Waals surface area (Å²) < 4.78 is 0. The van der Waals surface area contributed by atoms with Crippen LogP contribution in [0.25, 0.3) is 11.4 Å². The highest BCUT2D eigenvalue weighted by Crippen LogP contribution is 2.32. The third-order valence-electron chi connectivity index (χ3n) is 4.91. The van der Waals surface area contributed by atoms with Gasteiger partial charge < -0.3 is 5.32 Å². The van der Waals surface area contributed by atoms with Crippen LogP contribution in [-0.4, -0.2) is 21.0 Å². The first-order valence-electron chi connectivity index (χ1n) is 8.36. The van der Waals surface area contributed by atoms with Gasteiger partial charge in [-0.2, -0.15) is 0 Å². The van der Waals surface area contributed by atoms with E-state index in [9.17, 15) is 0 Å². The van der Waals surface area contributed by atoms with Gasteiger partial charge in [-0.3, -0.25) is 4.98 Å². The number of rotatable bonds is 3. The van der Waals surface area contributed by atoms with Crippen molar-refractivity contribution in [2.75, 3.05) is 5.32 Å². The van der Waals surface area contributed by atoms with E-state index >= 15 is 0 Å². The van der Waals surface area contributed by atoms with Gasteiger partial charge in [-0.05, 0) is 56.6 Å². The van der Waals surface area contributed by atoms with Crippen molar-refractivity contribution in [1.29, 1.82) is 0 Å². The number of anilines is 1. The van der Waals surface area contributed by atoms with Crippen LogP contribution in [0.3, 0.4) is 0 Å². The SMILES string of the molecule is CC1CCC(Nc2nc(-c3ccncc3)nc3c2CCC3)C1. The number of hydrogen-bond acceptors (Lipinski definition) is 4. The van der Waals surface area contributed by atoms with Gasteiger partial charge in [-0.1, -0.05) is 6.92 Å².